The lowest BCUT2D eigenvalue weighted by molar-refractivity contribution is 1.10. The van der Waals surface area contributed by atoms with Crippen molar-refractivity contribution in [2.24, 2.45) is 0 Å². The second-order valence-corrected chi connectivity index (χ2v) is 5.00. The van der Waals surface area contributed by atoms with Crippen molar-refractivity contribution in [3.63, 3.8) is 0 Å². The first kappa shape index (κ1) is 13.0. The maximum atomic E-state index is 2.24. The van der Waals surface area contributed by atoms with Gasteiger partial charge in [-0.3, -0.25) is 0 Å². The van der Waals surface area contributed by atoms with E-state index in [2.05, 4.69) is 55.4 Å². The van der Waals surface area contributed by atoms with Gasteiger partial charge in [-0.05, 0) is 100.0 Å². The van der Waals surface area contributed by atoms with Crippen LogP contribution in [0.25, 0.3) is 0 Å². The second-order valence-electron chi connectivity index (χ2n) is 5.00. The number of hydrogen-bond donors (Lipinski definition) is 0. The van der Waals surface area contributed by atoms with Gasteiger partial charge in [0.1, 0.15) is 0 Å². The summed E-state index contributed by atoms with van der Waals surface area (Å²) in [6.45, 7) is 17.9. The maximum Gasteiger partial charge on any atom is -0.0392 e. The van der Waals surface area contributed by atoms with Crippen LogP contribution in [-0.4, -0.2) is 0 Å². The largest absolute Gasteiger partial charge is 0.0447 e. The predicted molar refractivity (Wildman–Crippen MR) is 73.5 cm³/mol. The fourth-order valence-corrected chi connectivity index (χ4v) is 2.25. The van der Waals surface area contributed by atoms with Gasteiger partial charge in [-0.1, -0.05) is 0 Å². The molecule has 0 aromatic heterocycles. The molecule has 0 bridgehead atoms. The van der Waals surface area contributed by atoms with E-state index in [0.29, 0.717) is 0 Å². The molecule has 0 unspecified atom stereocenters. The summed E-state index contributed by atoms with van der Waals surface area (Å²) < 4.78 is 0. The summed E-state index contributed by atoms with van der Waals surface area (Å²) in [4.78, 5) is 0. The predicted octanol–water partition coefficient (Wildman–Crippen LogP) is 5.35. The fourth-order valence-electron chi connectivity index (χ4n) is 2.25. The van der Waals surface area contributed by atoms with Gasteiger partial charge in [0.25, 0.3) is 0 Å². The van der Waals surface area contributed by atoms with Crippen LogP contribution in [0, 0.1) is 0 Å². The molecule has 88 valence electrons. The van der Waals surface area contributed by atoms with Gasteiger partial charge in [0, 0.05) is 0 Å². The van der Waals surface area contributed by atoms with Crippen LogP contribution in [0.4, 0.5) is 0 Å². The summed E-state index contributed by atoms with van der Waals surface area (Å²) in [6.07, 6.45) is 0. The highest BCUT2D eigenvalue weighted by Crippen LogP contribution is 2.33. The summed E-state index contributed by atoms with van der Waals surface area (Å²) >= 11 is 0. The number of hydrogen-bond acceptors (Lipinski definition) is 0. The van der Waals surface area contributed by atoms with E-state index in [1.54, 1.807) is 0 Å². The third kappa shape index (κ3) is 1.93. The van der Waals surface area contributed by atoms with E-state index >= 15 is 0 Å². The molecule has 0 fully saturated rings. The molecule has 0 heterocycles. The summed E-state index contributed by atoms with van der Waals surface area (Å²) in [5.74, 6) is 0. The molecule has 0 nitrogen and oxygen atoms in total. The van der Waals surface area contributed by atoms with Crippen LogP contribution in [0.1, 0.15) is 55.4 Å². The van der Waals surface area contributed by atoms with Crippen molar-refractivity contribution in [3.8, 4) is 0 Å². The molecule has 0 radical (unpaired) electrons. The molecule has 0 N–H and O–H groups in total. The van der Waals surface area contributed by atoms with E-state index < -0.39 is 0 Å². The lowest BCUT2D eigenvalue weighted by Crippen LogP contribution is -2.01. The van der Waals surface area contributed by atoms with E-state index in [1.807, 2.05) is 0 Å². The minimum atomic E-state index is 1.43. The third-order valence-corrected chi connectivity index (χ3v) is 4.50. The van der Waals surface area contributed by atoms with Crippen LogP contribution in [0.3, 0.4) is 0 Å². The molecule has 1 aliphatic rings. The topological polar surface area (TPSA) is 0 Å². The van der Waals surface area contributed by atoms with Gasteiger partial charge in [0.05, 0.1) is 0 Å². The molecule has 0 aromatic carbocycles. The molecule has 1 aliphatic carbocycles. The Morgan fingerprint density at radius 1 is 0.250 bits per heavy atom. The van der Waals surface area contributed by atoms with Crippen LogP contribution < -0.4 is 0 Å². The van der Waals surface area contributed by atoms with Crippen LogP contribution in [0.2, 0.25) is 0 Å². The lowest BCUT2D eigenvalue weighted by atomic mass is 9.84. The Labute approximate surface area is 100 Å². The molecule has 1 rings (SSSR count). The third-order valence-electron chi connectivity index (χ3n) is 4.50. The van der Waals surface area contributed by atoms with Crippen LogP contribution in [-0.2, 0) is 0 Å². The molecular formula is C16H24. The lowest BCUT2D eigenvalue weighted by Gasteiger charge is -2.21. The summed E-state index contributed by atoms with van der Waals surface area (Å²) in [5, 5.41) is 0. The van der Waals surface area contributed by atoms with Gasteiger partial charge in [0.2, 0.25) is 0 Å². The van der Waals surface area contributed by atoms with Gasteiger partial charge in [-0.15, -0.1) is 0 Å². The Morgan fingerprint density at radius 3 is 0.375 bits per heavy atom. The minimum absolute atomic E-state index is 1.43. The van der Waals surface area contributed by atoms with Crippen molar-refractivity contribution >= 4 is 0 Å². The van der Waals surface area contributed by atoms with Crippen molar-refractivity contribution < 1.29 is 0 Å². The first-order valence-corrected chi connectivity index (χ1v) is 6.00. The van der Waals surface area contributed by atoms with E-state index in [4.69, 9.17) is 0 Å². The molecule has 0 spiro atoms. The van der Waals surface area contributed by atoms with E-state index in [9.17, 15) is 0 Å². The van der Waals surface area contributed by atoms with E-state index in [-0.39, 0.29) is 0 Å². The van der Waals surface area contributed by atoms with Crippen molar-refractivity contribution in [1.29, 1.82) is 0 Å². The first-order chi connectivity index (χ1) is 7.29. The first-order valence-electron chi connectivity index (χ1n) is 6.00. The Kier molecular flexibility index (Phi) is 3.62. The maximum absolute atomic E-state index is 2.24. The van der Waals surface area contributed by atoms with Crippen molar-refractivity contribution in [3.05, 3.63) is 44.6 Å². The highest BCUT2D eigenvalue weighted by Gasteiger charge is 2.14. The Bertz CT molecular complexity index is 298. The Hall–Kier alpha value is -1.04. The zero-order chi connectivity index (χ0) is 12.6. The summed E-state index contributed by atoms with van der Waals surface area (Å²) in [6, 6.07) is 0. The zero-order valence-electron chi connectivity index (χ0n) is 12.0. The highest BCUT2D eigenvalue weighted by atomic mass is 14.2. The molecule has 0 atom stereocenters. The number of allylic oxidation sites excluding steroid dienone is 8. The van der Waals surface area contributed by atoms with Gasteiger partial charge >= 0.3 is 0 Å². The van der Waals surface area contributed by atoms with Gasteiger partial charge in [-0.25, -0.2) is 0 Å². The molecule has 0 aromatic rings. The summed E-state index contributed by atoms with van der Waals surface area (Å²) in [5.41, 5.74) is 11.5. The molecular weight excluding hydrogens is 192 g/mol. The number of rotatable bonds is 0. The van der Waals surface area contributed by atoms with E-state index in [1.165, 1.54) is 44.6 Å². The molecule has 0 saturated heterocycles. The van der Waals surface area contributed by atoms with Crippen molar-refractivity contribution in [2.75, 3.05) is 0 Å². The smallest absolute Gasteiger partial charge is 0.0392 e. The van der Waals surface area contributed by atoms with Crippen molar-refractivity contribution in [2.45, 2.75) is 55.4 Å². The monoisotopic (exact) mass is 216 g/mol. The highest BCUT2D eigenvalue weighted by molar-refractivity contribution is 5.56. The average molecular weight is 216 g/mol. The SMILES string of the molecule is CC1=C(C)C(C)=C(C)C(C)=C(C)C(C)=C1C. The zero-order valence-corrected chi connectivity index (χ0v) is 12.0. The normalized spacial score (nSPS) is 19.5. The van der Waals surface area contributed by atoms with E-state index in [0.717, 1.165) is 0 Å². The Balaban J connectivity index is 3.67. The van der Waals surface area contributed by atoms with Crippen molar-refractivity contribution in [1.82, 2.24) is 0 Å². The van der Waals surface area contributed by atoms with Gasteiger partial charge in [0.15, 0.2) is 0 Å². The van der Waals surface area contributed by atoms with Crippen LogP contribution in [0.15, 0.2) is 44.6 Å². The van der Waals surface area contributed by atoms with Crippen LogP contribution >= 0.6 is 0 Å². The van der Waals surface area contributed by atoms with Gasteiger partial charge < -0.3 is 0 Å². The average Bonchev–Trinajstić information content (AvgIpc) is 2.30. The standard InChI is InChI=1S/C16H24/c1-9-10(2)12(4)14(6)16(8)15(7)13(5)11(9)3/h1-8H3. The molecule has 0 amide bonds. The van der Waals surface area contributed by atoms with Crippen LogP contribution in [0.5, 0.6) is 0 Å². The second kappa shape index (κ2) is 4.45. The molecule has 0 aliphatic heterocycles. The summed E-state index contributed by atoms with van der Waals surface area (Å²) in [7, 11) is 0. The van der Waals surface area contributed by atoms with Gasteiger partial charge in [-0.2, -0.15) is 0 Å². The molecule has 0 heteroatoms. The molecule has 0 saturated carbocycles. The Morgan fingerprint density at radius 2 is 0.312 bits per heavy atom. The molecule has 16 heavy (non-hydrogen) atoms. The fraction of sp³-hybridized carbons (Fsp3) is 0.500. The minimum Gasteiger partial charge on any atom is -0.0447 e. The quantitative estimate of drug-likeness (QED) is 0.512.